The van der Waals surface area contributed by atoms with Crippen LogP contribution in [0.4, 0.5) is 11.4 Å². The third kappa shape index (κ3) is 3.90. The molecule has 2 aromatic rings. The van der Waals surface area contributed by atoms with Crippen molar-refractivity contribution in [3.8, 4) is 6.07 Å². The number of aryl methyl sites for hydroxylation is 1. The molecule has 8 nitrogen and oxygen atoms in total. The topological polar surface area (TPSA) is 126 Å². The first-order valence-electron chi connectivity index (χ1n) is 10.4. The number of furan rings is 1. The second-order valence-electron chi connectivity index (χ2n) is 7.74. The summed E-state index contributed by atoms with van der Waals surface area (Å²) in [6.45, 7) is 3.80. The first kappa shape index (κ1) is 23.0. The summed E-state index contributed by atoms with van der Waals surface area (Å²) in [6, 6.07) is 8.26. The Bertz CT molecular complexity index is 1270. The van der Waals surface area contributed by atoms with Gasteiger partial charge in [-0.25, -0.2) is 0 Å². The van der Waals surface area contributed by atoms with Crippen LogP contribution in [0.5, 0.6) is 0 Å². The van der Waals surface area contributed by atoms with Crippen LogP contribution in [0, 0.1) is 28.4 Å². The van der Waals surface area contributed by atoms with E-state index in [0.717, 1.165) is 5.75 Å². The molecule has 0 bridgehead atoms. The van der Waals surface area contributed by atoms with Crippen LogP contribution in [-0.2, 0) is 4.79 Å². The van der Waals surface area contributed by atoms with Gasteiger partial charge in [-0.1, -0.05) is 30.3 Å². The molecule has 2 N–H and O–H groups in total. The predicted molar refractivity (Wildman–Crippen MR) is 126 cm³/mol. The van der Waals surface area contributed by atoms with Gasteiger partial charge in [0.1, 0.15) is 17.3 Å². The zero-order valence-electron chi connectivity index (χ0n) is 18.1. The molecule has 0 spiro atoms. The molecule has 0 saturated heterocycles. The minimum atomic E-state index is -0.688. The molecule has 0 amide bonds. The van der Waals surface area contributed by atoms with Crippen LogP contribution in [0.15, 0.2) is 56.4 Å². The molecule has 2 aliphatic rings. The van der Waals surface area contributed by atoms with Crippen molar-refractivity contribution in [3.63, 3.8) is 0 Å². The fourth-order valence-electron chi connectivity index (χ4n) is 4.46. The van der Waals surface area contributed by atoms with E-state index in [-0.39, 0.29) is 33.6 Å². The Morgan fingerprint density at radius 2 is 2.15 bits per heavy atom. The van der Waals surface area contributed by atoms with E-state index >= 15 is 0 Å². The van der Waals surface area contributed by atoms with Crippen molar-refractivity contribution in [3.05, 3.63) is 73.4 Å². The number of Topliss-reactive ketones (excluding diaryl/α,β-unsaturated/α-hetero) is 1. The van der Waals surface area contributed by atoms with E-state index in [4.69, 9.17) is 21.8 Å². The standard InChI is InChI=1S/C23H21ClN4O4S/c1-3-33-23-14(9-12(2)32-23)20-15(11-25)22(26)27(17-5-4-6-19(29)21(17)20)16-8-7-13(24)10-18(16)28(30)31/h7-10,20H,3-6,26H2,1-2H3. The average molecular weight is 485 g/mol. The molecule has 33 heavy (non-hydrogen) atoms. The molecule has 170 valence electrons. The number of halogens is 1. The summed E-state index contributed by atoms with van der Waals surface area (Å²) in [6.07, 6.45) is 1.40. The van der Waals surface area contributed by atoms with Crippen LogP contribution in [-0.4, -0.2) is 16.5 Å². The maximum Gasteiger partial charge on any atom is 0.294 e. The third-order valence-corrected chi connectivity index (χ3v) is 6.83. The number of ketones is 1. The fourth-order valence-corrected chi connectivity index (χ4v) is 5.42. The number of nitrogens with zero attached hydrogens (tertiary/aromatic N) is 3. The second kappa shape index (κ2) is 8.96. The molecule has 1 aliphatic carbocycles. The van der Waals surface area contributed by atoms with Gasteiger partial charge < -0.3 is 10.2 Å². The van der Waals surface area contributed by atoms with Gasteiger partial charge in [-0.2, -0.15) is 5.26 Å². The number of hydrogen-bond acceptors (Lipinski definition) is 8. The van der Waals surface area contributed by atoms with Crippen LogP contribution in [0.25, 0.3) is 0 Å². The van der Waals surface area contributed by atoms with Crippen molar-refractivity contribution in [1.82, 2.24) is 0 Å². The van der Waals surface area contributed by atoms with Gasteiger partial charge in [0.15, 0.2) is 10.9 Å². The number of carbonyl (C=O) groups is 1. The molecule has 0 radical (unpaired) electrons. The predicted octanol–water partition coefficient (Wildman–Crippen LogP) is 5.57. The SMILES string of the molecule is CCSc1oc(C)cc1C1C(C#N)=C(N)N(c2ccc(Cl)cc2[N+](=O)[O-])C2=C1C(=O)CCC2. The Hall–Kier alpha value is -3.22. The van der Waals surface area contributed by atoms with Crippen molar-refractivity contribution >= 4 is 40.5 Å². The molecule has 1 aliphatic heterocycles. The highest BCUT2D eigenvalue weighted by atomic mass is 35.5. The minimum absolute atomic E-state index is 0.0627. The van der Waals surface area contributed by atoms with Gasteiger partial charge in [0.25, 0.3) is 5.69 Å². The Morgan fingerprint density at radius 1 is 1.39 bits per heavy atom. The summed E-state index contributed by atoms with van der Waals surface area (Å²) in [7, 11) is 0. The largest absolute Gasteiger partial charge is 0.455 e. The zero-order chi connectivity index (χ0) is 23.9. The van der Waals surface area contributed by atoms with E-state index in [9.17, 15) is 20.2 Å². The third-order valence-electron chi connectivity index (χ3n) is 5.72. The molecule has 4 rings (SSSR count). The highest BCUT2D eigenvalue weighted by molar-refractivity contribution is 7.99. The van der Waals surface area contributed by atoms with E-state index in [2.05, 4.69) is 6.07 Å². The molecule has 1 atom stereocenters. The number of allylic oxidation sites excluding steroid dienone is 3. The molecule has 10 heteroatoms. The van der Waals surface area contributed by atoms with Crippen LogP contribution in [0.3, 0.4) is 0 Å². The molecule has 1 aromatic carbocycles. The number of thioether (sulfide) groups is 1. The molecule has 2 heterocycles. The smallest absolute Gasteiger partial charge is 0.294 e. The van der Waals surface area contributed by atoms with Gasteiger partial charge >= 0.3 is 0 Å². The van der Waals surface area contributed by atoms with E-state index in [0.29, 0.717) is 46.9 Å². The van der Waals surface area contributed by atoms with Gasteiger partial charge in [0, 0.05) is 34.3 Å². The average Bonchev–Trinajstić information content (AvgIpc) is 3.13. The highest BCUT2D eigenvalue weighted by Crippen LogP contribution is 2.50. The molecular weight excluding hydrogens is 464 g/mol. The molecule has 1 aromatic heterocycles. The van der Waals surface area contributed by atoms with Gasteiger partial charge in [-0.15, -0.1) is 0 Å². The van der Waals surface area contributed by atoms with Gasteiger partial charge in [0.05, 0.1) is 22.5 Å². The van der Waals surface area contributed by atoms with Gasteiger partial charge in [-0.05, 0) is 43.7 Å². The van der Waals surface area contributed by atoms with Gasteiger partial charge in [0.2, 0.25) is 0 Å². The van der Waals surface area contributed by atoms with Gasteiger partial charge in [-0.3, -0.25) is 19.8 Å². The lowest BCUT2D eigenvalue weighted by Gasteiger charge is -2.39. The Kier molecular flexibility index (Phi) is 6.23. The fraction of sp³-hybridized carbons (Fsp3) is 0.304. The highest BCUT2D eigenvalue weighted by Gasteiger charge is 2.43. The molecule has 0 fully saturated rings. The van der Waals surface area contributed by atoms with E-state index in [1.165, 1.54) is 34.9 Å². The van der Waals surface area contributed by atoms with E-state index < -0.39 is 10.8 Å². The Balaban J connectivity index is 2.01. The summed E-state index contributed by atoms with van der Waals surface area (Å²) in [5, 5.41) is 22.8. The van der Waals surface area contributed by atoms with Crippen LogP contribution in [0.1, 0.15) is 43.4 Å². The maximum atomic E-state index is 13.3. The number of nitro groups is 1. The first-order valence-corrected chi connectivity index (χ1v) is 11.8. The van der Waals surface area contributed by atoms with Crippen molar-refractivity contribution in [2.24, 2.45) is 5.73 Å². The van der Waals surface area contributed by atoms with Crippen LogP contribution < -0.4 is 10.6 Å². The van der Waals surface area contributed by atoms with Crippen molar-refractivity contribution in [2.45, 2.75) is 44.1 Å². The summed E-state index contributed by atoms with van der Waals surface area (Å²) in [4.78, 5) is 26.0. The summed E-state index contributed by atoms with van der Waals surface area (Å²) in [5.41, 5.74) is 8.33. The minimum Gasteiger partial charge on any atom is -0.455 e. The van der Waals surface area contributed by atoms with E-state index in [1.54, 1.807) is 0 Å². The Morgan fingerprint density at radius 3 is 2.82 bits per heavy atom. The number of carbonyl (C=O) groups excluding carboxylic acids is 1. The first-order chi connectivity index (χ1) is 15.8. The molecule has 0 saturated carbocycles. The lowest BCUT2D eigenvalue weighted by atomic mass is 9.76. The second-order valence-corrected chi connectivity index (χ2v) is 9.41. The lowest BCUT2D eigenvalue weighted by molar-refractivity contribution is -0.384. The number of nitro benzene ring substituents is 1. The Labute approximate surface area is 199 Å². The summed E-state index contributed by atoms with van der Waals surface area (Å²) < 4.78 is 5.87. The number of anilines is 1. The van der Waals surface area contributed by atoms with Crippen molar-refractivity contribution < 1.29 is 14.1 Å². The summed E-state index contributed by atoms with van der Waals surface area (Å²) >= 11 is 7.49. The van der Waals surface area contributed by atoms with Crippen LogP contribution >= 0.6 is 23.4 Å². The van der Waals surface area contributed by atoms with Crippen molar-refractivity contribution in [2.75, 3.05) is 10.7 Å². The summed E-state index contributed by atoms with van der Waals surface area (Å²) in [5.74, 6) is 0.684. The van der Waals surface area contributed by atoms with Crippen LogP contribution in [0.2, 0.25) is 5.02 Å². The molecule has 1 unspecified atom stereocenters. The number of nitrogens with two attached hydrogens (primary N) is 1. The van der Waals surface area contributed by atoms with Crippen molar-refractivity contribution in [1.29, 1.82) is 5.26 Å². The molecular formula is C23H21ClN4O4S. The normalized spacial score (nSPS) is 18.4. The number of nitriles is 1. The number of hydrogen-bond donors (Lipinski definition) is 1. The van der Waals surface area contributed by atoms with E-state index in [1.807, 2.05) is 19.9 Å². The quantitative estimate of drug-likeness (QED) is 0.331. The number of rotatable bonds is 5. The maximum absolute atomic E-state index is 13.3. The zero-order valence-corrected chi connectivity index (χ0v) is 19.6. The lowest BCUT2D eigenvalue weighted by Crippen LogP contribution is -2.39. The number of benzene rings is 1. The monoisotopic (exact) mass is 484 g/mol.